The van der Waals surface area contributed by atoms with E-state index < -0.39 is 0 Å². The molecule has 0 radical (unpaired) electrons. The molecule has 0 fully saturated rings. The van der Waals surface area contributed by atoms with Crippen molar-refractivity contribution in [1.82, 2.24) is 4.57 Å². The van der Waals surface area contributed by atoms with Gasteiger partial charge in [-0.1, -0.05) is 48.0 Å². The molecule has 108 valence electrons. The maximum atomic E-state index is 3.62. The summed E-state index contributed by atoms with van der Waals surface area (Å²) < 4.78 is 3.58. The van der Waals surface area contributed by atoms with Crippen molar-refractivity contribution in [3.05, 3.63) is 62.8 Å². The molecule has 22 heavy (non-hydrogen) atoms. The molecule has 0 bridgehead atoms. The summed E-state index contributed by atoms with van der Waals surface area (Å²) in [5, 5.41) is 4.88. The van der Waals surface area contributed by atoms with Crippen LogP contribution in [0.1, 0.15) is 24.3 Å². The first kappa shape index (κ1) is 12.9. The highest BCUT2D eigenvalue weighted by molar-refractivity contribution is 9.10. The third kappa shape index (κ3) is 1.39. The van der Waals surface area contributed by atoms with Crippen LogP contribution in [0.25, 0.3) is 27.5 Å². The number of nitrogens with zero attached hydrogens (tertiary/aromatic N) is 1. The standard InChI is InChI=1S/C19H14BrNS/c1-19(2)14-5-3-4-12-13-10-11(20)6-7-15(13)21(17(12)14)16-8-9-22-18(16)19/h3-10H,1-2H3. The average molecular weight is 368 g/mol. The average Bonchev–Trinajstić information content (AvgIpc) is 3.08. The van der Waals surface area contributed by atoms with Crippen LogP contribution < -0.4 is 0 Å². The monoisotopic (exact) mass is 367 g/mol. The van der Waals surface area contributed by atoms with Gasteiger partial charge in [0, 0.05) is 25.5 Å². The number of halogens is 1. The lowest BCUT2D eigenvalue weighted by Gasteiger charge is -2.32. The minimum absolute atomic E-state index is 0.0601. The summed E-state index contributed by atoms with van der Waals surface area (Å²) >= 11 is 5.49. The number of hydrogen-bond acceptors (Lipinski definition) is 1. The Hall–Kier alpha value is -1.58. The van der Waals surface area contributed by atoms with E-state index in [1.165, 1.54) is 37.9 Å². The zero-order valence-corrected chi connectivity index (χ0v) is 14.8. The van der Waals surface area contributed by atoms with E-state index in [-0.39, 0.29) is 5.41 Å². The summed E-state index contributed by atoms with van der Waals surface area (Å²) in [5.74, 6) is 0. The Labute approximate surface area is 141 Å². The number of benzene rings is 2. The lowest BCUT2D eigenvalue weighted by atomic mass is 9.79. The molecule has 1 nitrogen and oxygen atoms in total. The molecule has 1 aliphatic heterocycles. The second-order valence-corrected chi connectivity index (χ2v) is 8.29. The van der Waals surface area contributed by atoms with Gasteiger partial charge in [0.2, 0.25) is 0 Å². The first-order valence-electron chi connectivity index (χ1n) is 7.40. The summed E-state index contributed by atoms with van der Waals surface area (Å²) in [6.45, 7) is 4.68. The van der Waals surface area contributed by atoms with Crippen molar-refractivity contribution in [2.24, 2.45) is 0 Å². The third-order valence-electron chi connectivity index (χ3n) is 4.88. The second kappa shape index (κ2) is 4.03. The first-order valence-corrected chi connectivity index (χ1v) is 9.08. The number of thiophene rings is 1. The van der Waals surface area contributed by atoms with E-state index >= 15 is 0 Å². The second-order valence-electron chi connectivity index (χ2n) is 6.46. The molecule has 0 N–H and O–H groups in total. The molecule has 4 aromatic rings. The van der Waals surface area contributed by atoms with Gasteiger partial charge in [0.05, 0.1) is 16.7 Å². The summed E-state index contributed by atoms with van der Waals surface area (Å²) in [5.41, 5.74) is 5.49. The smallest absolute Gasteiger partial charge is 0.0610 e. The van der Waals surface area contributed by atoms with E-state index in [0.717, 1.165) is 4.47 Å². The predicted octanol–water partition coefficient (Wildman–Crippen LogP) is 6.25. The summed E-state index contributed by atoms with van der Waals surface area (Å²) in [6, 6.07) is 15.6. The van der Waals surface area contributed by atoms with Crippen LogP contribution in [0.2, 0.25) is 0 Å². The normalized spacial score (nSPS) is 15.4. The molecule has 0 atom stereocenters. The van der Waals surface area contributed by atoms with Crippen LogP contribution in [0.3, 0.4) is 0 Å². The lowest BCUT2D eigenvalue weighted by Crippen LogP contribution is -2.24. The molecule has 3 heterocycles. The maximum Gasteiger partial charge on any atom is 0.0610 e. The molecule has 0 saturated carbocycles. The fourth-order valence-corrected chi connectivity index (χ4v) is 5.24. The SMILES string of the molecule is CC1(C)c2sccc2-n2c3ccc(Br)cc3c3cccc1c32. The first-order chi connectivity index (χ1) is 10.6. The minimum atomic E-state index is 0.0601. The van der Waals surface area contributed by atoms with Crippen molar-refractivity contribution < 1.29 is 0 Å². The zero-order chi connectivity index (χ0) is 15.1. The van der Waals surface area contributed by atoms with E-state index in [1.54, 1.807) is 0 Å². The van der Waals surface area contributed by atoms with Gasteiger partial charge in [-0.2, -0.15) is 0 Å². The summed E-state index contributed by atoms with van der Waals surface area (Å²) in [6.07, 6.45) is 0. The highest BCUT2D eigenvalue weighted by Crippen LogP contribution is 2.49. The highest BCUT2D eigenvalue weighted by Gasteiger charge is 2.35. The molecule has 0 aliphatic carbocycles. The van der Waals surface area contributed by atoms with Gasteiger partial charge in [0.25, 0.3) is 0 Å². The van der Waals surface area contributed by atoms with Gasteiger partial charge in [0.15, 0.2) is 0 Å². The highest BCUT2D eigenvalue weighted by atomic mass is 79.9. The van der Waals surface area contributed by atoms with Gasteiger partial charge in [0.1, 0.15) is 0 Å². The minimum Gasteiger partial charge on any atom is -0.308 e. The van der Waals surface area contributed by atoms with Crippen molar-refractivity contribution in [3.8, 4) is 5.69 Å². The molecule has 3 heteroatoms. The predicted molar refractivity (Wildman–Crippen MR) is 98.5 cm³/mol. The Balaban J connectivity index is 2.14. The van der Waals surface area contributed by atoms with Crippen LogP contribution in [0.5, 0.6) is 0 Å². The van der Waals surface area contributed by atoms with Crippen LogP contribution in [0, 0.1) is 0 Å². The van der Waals surface area contributed by atoms with Gasteiger partial charge >= 0.3 is 0 Å². The third-order valence-corrected chi connectivity index (χ3v) is 6.60. The Kier molecular flexibility index (Phi) is 2.37. The lowest BCUT2D eigenvalue weighted by molar-refractivity contribution is 0.646. The molecular weight excluding hydrogens is 354 g/mol. The van der Waals surface area contributed by atoms with E-state index in [4.69, 9.17) is 0 Å². The number of para-hydroxylation sites is 1. The molecule has 5 rings (SSSR count). The summed E-state index contributed by atoms with van der Waals surface area (Å²) in [7, 11) is 0. The van der Waals surface area contributed by atoms with Crippen LogP contribution in [-0.4, -0.2) is 4.57 Å². The molecule has 2 aromatic heterocycles. The molecular formula is C19H14BrNS. The Morgan fingerprint density at radius 1 is 1.05 bits per heavy atom. The van der Waals surface area contributed by atoms with Crippen molar-refractivity contribution in [3.63, 3.8) is 0 Å². The fourth-order valence-electron chi connectivity index (χ4n) is 3.86. The number of aromatic nitrogens is 1. The van der Waals surface area contributed by atoms with Crippen molar-refractivity contribution >= 4 is 49.1 Å². The zero-order valence-electron chi connectivity index (χ0n) is 12.4. The van der Waals surface area contributed by atoms with E-state index in [0.29, 0.717) is 0 Å². The van der Waals surface area contributed by atoms with Crippen LogP contribution >= 0.6 is 27.3 Å². The Bertz CT molecular complexity index is 1070. The van der Waals surface area contributed by atoms with Gasteiger partial charge in [-0.15, -0.1) is 11.3 Å². The number of rotatable bonds is 0. The van der Waals surface area contributed by atoms with E-state index in [1.807, 2.05) is 11.3 Å². The van der Waals surface area contributed by atoms with E-state index in [9.17, 15) is 0 Å². The van der Waals surface area contributed by atoms with Crippen LogP contribution in [-0.2, 0) is 5.41 Å². The largest absolute Gasteiger partial charge is 0.308 e. The van der Waals surface area contributed by atoms with Gasteiger partial charge in [-0.05, 0) is 35.2 Å². The molecule has 2 aromatic carbocycles. The quantitative estimate of drug-likeness (QED) is 0.346. The van der Waals surface area contributed by atoms with Gasteiger partial charge in [-0.25, -0.2) is 0 Å². The van der Waals surface area contributed by atoms with E-state index in [2.05, 4.69) is 82.2 Å². The number of hydrogen-bond donors (Lipinski definition) is 0. The number of fused-ring (bicyclic) bond motifs is 5. The molecule has 0 unspecified atom stereocenters. The molecule has 0 spiro atoms. The van der Waals surface area contributed by atoms with Gasteiger partial charge in [-0.3, -0.25) is 0 Å². The molecule has 1 aliphatic rings. The van der Waals surface area contributed by atoms with Crippen molar-refractivity contribution in [2.75, 3.05) is 0 Å². The Morgan fingerprint density at radius 2 is 1.91 bits per heavy atom. The maximum absolute atomic E-state index is 3.62. The van der Waals surface area contributed by atoms with Crippen molar-refractivity contribution in [2.45, 2.75) is 19.3 Å². The Morgan fingerprint density at radius 3 is 2.77 bits per heavy atom. The van der Waals surface area contributed by atoms with Gasteiger partial charge < -0.3 is 4.57 Å². The summed E-state index contributed by atoms with van der Waals surface area (Å²) in [4.78, 5) is 1.45. The fraction of sp³-hybridized carbons (Fsp3) is 0.158. The van der Waals surface area contributed by atoms with Crippen LogP contribution in [0.4, 0.5) is 0 Å². The topological polar surface area (TPSA) is 4.93 Å². The van der Waals surface area contributed by atoms with Crippen LogP contribution in [0.15, 0.2) is 52.3 Å². The molecule has 0 amide bonds. The molecule has 0 saturated heterocycles. The van der Waals surface area contributed by atoms with Crippen molar-refractivity contribution in [1.29, 1.82) is 0 Å².